The van der Waals surface area contributed by atoms with E-state index in [4.69, 9.17) is 13.8 Å². The molecule has 0 saturated heterocycles. The molecule has 1 amide bonds. The van der Waals surface area contributed by atoms with Crippen molar-refractivity contribution in [2.45, 2.75) is 386 Å². The molecule has 0 spiro atoms. The third kappa shape index (κ3) is 66.4. The van der Waals surface area contributed by atoms with Crippen LogP contribution >= 0.6 is 7.82 Å². The van der Waals surface area contributed by atoms with Crippen LogP contribution in [0.2, 0.25) is 0 Å². The average Bonchev–Trinajstić information content (AvgIpc) is 3.65. The van der Waals surface area contributed by atoms with E-state index in [1.54, 1.807) is 0 Å². The molecular weight excluding hydrogens is 1080 g/mol. The third-order valence-electron chi connectivity index (χ3n) is 17.0. The van der Waals surface area contributed by atoms with Gasteiger partial charge in [-0.1, -0.05) is 339 Å². The number of carbonyl (C=O) groups is 2. The summed E-state index contributed by atoms with van der Waals surface area (Å²) in [6.07, 6.45) is 84.2. The summed E-state index contributed by atoms with van der Waals surface area (Å²) in [5, 5.41) is 3.08. The molecule has 0 aliphatic heterocycles. The monoisotopic (exact) mass is 1230 g/mol. The molecule has 0 aliphatic rings. The molecule has 506 valence electrons. The van der Waals surface area contributed by atoms with E-state index in [0.717, 1.165) is 70.6 Å². The molecule has 0 radical (unpaired) electrons. The number of quaternary nitrogens is 1. The van der Waals surface area contributed by atoms with Gasteiger partial charge in [0.25, 0.3) is 0 Å². The topological polar surface area (TPSA) is 111 Å². The smallest absolute Gasteiger partial charge is 0.456 e. The van der Waals surface area contributed by atoms with Crippen LogP contribution in [-0.2, 0) is 27.9 Å². The summed E-state index contributed by atoms with van der Waals surface area (Å²) >= 11 is 0. The Morgan fingerprint density at radius 2 is 0.709 bits per heavy atom. The predicted molar refractivity (Wildman–Crippen MR) is 374 cm³/mol. The number of phosphoric acid groups is 1. The Balaban J connectivity index is 4.99. The van der Waals surface area contributed by atoms with Gasteiger partial charge in [0, 0.05) is 12.8 Å². The zero-order chi connectivity index (χ0) is 62.8. The quantitative estimate of drug-likeness (QED) is 0.0205. The first-order chi connectivity index (χ1) is 41.9. The van der Waals surface area contributed by atoms with E-state index in [1.807, 2.05) is 33.3 Å². The Hall–Kier alpha value is -2.03. The number of ether oxygens (including phenoxy) is 1. The molecule has 0 saturated carbocycles. The summed E-state index contributed by atoms with van der Waals surface area (Å²) in [4.78, 5) is 38.0. The van der Waals surface area contributed by atoms with Crippen LogP contribution in [0.25, 0.3) is 0 Å². The highest BCUT2D eigenvalue weighted by molar-refractivity contribution is 7.47. The van der Waals surface area contributed by atoms with E-state index in [1.165, 1.54) is 270 Å². The van der Waals surface area contributed by atoms with Gasteiger partial charge < -0.3 is 19.4 Å². The highest BCUT2D eigenvalue weighted by Crippen LogP contribution is 2.43. The van der Waals surface area contributed by atoms with Gasteiger partial charge in [-0.3, -0.25) is 18.6 Å². The maximum Gasteiger partial charge on any atom is 0.472 e. The van der Waals surface area contributed by atoms with Gasteiger partial charge in [-0.25, -0.2) is 4.57 Å². The summed E-state index contributed by atoms with van der Waals surface area (Å²) < 4.78 is 30.9. The number of nitrogens with zero attached hydrogens (tertiary/aromatic N) is 1. The maximum atomic E-state index is 13.6. The number of nitrogens with one attached hydrogen (secondary N) is 1. The van der Waals surface area contributed by atoms with Crippen LogP contribution in [0.3, 0.4) is 0 Å². The van der Waals surface area contributed by atoms with E-state index in [2.05, 4.69) is 62.5 Å². The molecule has 0 rings (SSSR count). The number of amides is 1. The Labute approximate surface area is 535 Å². The first kappa shape index (κ1) is 84.0. The Kier molecular flexibility index (Phi) is 64.4. The second kappa shape index (κ2) is 65.9. The molecule has 0 fully saturated rings. The lowest BCUT2D eigenvalue weighted by Crippen LogP contribution is -2.47. The lowest BCUT2D eigenvalue weighted by atomic mass is 10.0. The number of likely N-dealkylation sites (N-methyl/N-ethyl adjacent to an activating group) is 1. The van der Waals surface area contributed by atoms with E-state index in [9.17, 15) is 19.0 Å². The average molecular weight is 1230 g/mol. The zero-order valence-corrected chi connectivity index (χ0v) is 59.0. The highest BCUT2D eigenvalue weighted by Gasteiger charge is 2.30. The highest BCUT2D eigenvalue weighted by atomic mass is 31.2. The van der Waals surface area contributed by atoms with Crippen LogP contribution < -0.4 is 5.32 Å². The van der Waals surface area contributed by atoms with Gasteiger partial charge in [-0.2, -0.15) is 0 Å². The first-order valence-electron chi connectivity index (χ1n) is 37.5. The molecule has 0 aromatic heterocycles. The molecular formula is C76H146N2O7P+. The molecule has 0 aliphatic carbocycles. The standard InChI is InChI=1S/C76H145N2O7P/c1-7-10-13-16-19-22-25-28-30-32-34-36-38-39-41-43-45-47-49-51-54-57-60-63-66-69-76(80)85-74(67-64-61-58-55-52-27-24-21-18-15-12-9-3)73(72-84-86(81,82)83-71-70-78(4,5)6)77-75(79)68-65-62-59-56-53-50-48-46-44-42-40-37-35-33-31-29-26-23-20-17-14-11-8-2/h19,22,28,30,34,36,64,67,73-74H,7-18,20-21,23-27,29,31-33,35,37-63,65-66,68-72H2,1-6H3,(H-,77,79,81,82)/p+1/b22-19-,30-28-,36-34-,67-64+. The number of carbonyl (C=O) groups excluding carboxylic acids is 2. The fraction of sp³-hybridized carbons (Fsp3) is 0.868. The molecule has 0 aromatic carbocycles. The molecule has 0 aromatic rings. The van der Waals surface area contributed by atoms with Crippen molar-refractivity contribution < 1.29 is 37.3 Å². The number of phosphoric ester groups is 1. The SMILES string of the molecule is CCCCC/C=C\C/C=C\C/C=C\CCCCCCCCCCCCCCC(=O)OC(/C=C/CCCCCCCCCCCC)C(COP(=O)(O)OCC[N+](C)(C)C)NC(=O)CCCCCCCCCCCCCCCCCCCCCCCCC. The van der Waals surface area contributed by atoms with Crippen LogP contribution in [-0.4, -0.2) is 74.3 Å². The minimum absolute atomic E-state index is 0.0422. The minimum Gasteiger partial charge on any atom is -0.456 e. The summed E-state index contributed by atoms with van der Waals surface area (Å²) in [7, 11) is 1.51. The Morgan fingerprint density at radius 1 is 0.407 bits per heavy atom. The van der Waals surface area contributed by atoms with Crippen molar-refractivity contribution in [3.63, 3.8) is 0 Å². The number of unbranched alkanes of at least 4 members (excludes halogenated alkanes) is 47. The summed E-state index contributed by atoms with van der Waals surface area (Å²) in [6, 6.07) is -0.847. The van der Waals surface area contributed by atoms with E-state index in [-0.39, 0.29) is 25.1 Å². The second-order valence-corrected chi connectivity index (χ2v) is 28.3. The third-order valence-corrected chi connectivity index (χ3v) is 18.0. The molecule has 0 bridgehead atoms. The fourth-order valence-corrected chi connectivity index (χ4v) is 12.0. The van der Waals surface area contributed by atoms with Crippen molar-refractivity contribution >= 4 is 19.7 Å². The molecule has 3 atom stereocenters. The predicted octanol–water partition coefficient (Wildman–Crippen LogP) is 24.0. The number of rotatable bonds is 69. The number of esters is 1. The van der Waals surface area contributed by atoms with Crippen LogP contribution in [0.15, 0.2) is 48.6 Å². The van der Waals surface area contributed by atoms with Gasteiger partial charge in [-0.05, 0) is 70.3 Å². The lowest BCUT2D eigenvalue weighted by Gasteiger charge is -2.27. The van der Waals surface area contributed by atoms with Crippen molar-refractivity contribution in [2.75, 3.05) is 40.9 Å². The summed E-state index contributed by atoms with van der Waals surface area (Å²) in [5.74, 6) is -0.487. The largest absolute Gasteiger partial charge is 0.472 e. The molecule has 3 unspecified atom stereocenters. The van der Waals surface area contributed by atoms with E-state index in [0.29, 0.717) is 23.9 Å². The lowest BCUT2D eigenvalue weighted by molar-refractivity contribution is -0.870. The molecule has 9 nitrogen and oxygen atoms in total. The van der Waals surface area contributed by atoms with Crippen molar-refractivity contribution in [1.82, 2.24) is 5.32 Å². The van der Waals surface area contributed by atoms with Crippen LogP contribution in [0.5, 0.6) is 0 Å². The number of allylic oxidation sites excluding steroid dienone is 7. The summed E-state index contributed by atoms with van der Waals surface area (Å²) in [6.45, 7) is 7.05. The van der Waals surface area contributed by atoms with Crippen molar-refractivity contribution in [2.24, 2.45) is 0 Å². The van der Waals surface area contributed by atoms with Crippen molar-refractivity contribution in [3.05, 3.63) is 48.6 Å². The van der Waals surface area contributed by atoms with Crippen LogP contribution in [0, 0.1) is 0 Å². The molecule has 86 heavy (non-hydrogen) atoms. The molecule has 2 N–H and O–H groups in total. The normalized spacial score (nSPS) is 13.7. The Morgan fingerprint density at radius 3 is 1.08 bits per heavy atom. The van der Waals surface area contributed by atoms with Gasteiger partial charge in [-0.15, -0.1) is 0 Å². The van der Waals surface area contributed by atoms with Gasteiger partial charge in [0.2, 0.25) is 5.91 Å². The number of hydrogen-bond donors (Lipinski definition) is 2. The summed E-state index contributed by atoms with van der Waals surface area (Å²) in [5.41, 5.74) is 0. The van der Waals surface area contributed by atoms with Gasteiger partial charge >= 0.3 is 13.8 Å². The van der Waals surface area contributed by atoms with Crippen LogP contribution in [0.4, 0.5) is 0 Å². The van der Waals surface area contributed by atoms with Gasteiger partial charge in [0.05, 0.1) is 33.8 Å². The van der Waals surface area contributed by atoms with Crippen molar-refractivity contribution in [1.29, 1.82) is 0 Å². The molecule has 0 heterocycles. The first-order valence-corrected chi connectivity index (χ1v) is 39.0. The zero-order valence-electron chi connectivity index (χ0n) is 58.1. The Bertz CT molecular complexity index is 1610. The van der Waals surface area contributed by atoms with Crippen molar-refractivity contribution in [3.8, 4) is 0 Å². The van der Waals surface area contributed by atoms with E-state index < -0.39 is 20.0 Å². The molecule has 10 heteroatoms. The second-order valence-electron chi connectivity index (χ2n) is 26.8. The number of hydrogen-bond acceptors (Lipinski definition) is 6. The maximum absolute atomic E-state index is 13.6. The van der Waals surface area contributed by atoms with Crippen LogP contribution in [0.1, 0.15) is 374 Å². The van der Waals surface area contributed by atoms with Gasteiger partial charge in [0.1, 0.15) is 19.3 Å². The van der Waals surface area contributed by atoms with Gasteiger partial charge in [0.15, 0.2) is 0 Å². The minimum atomic E-state index is -4.45. The van der Waals surface area contributed by atoms with E-state index >= 15 is 0 Å². The fourth-order valence-electron chi connectivity index (χ4n) is 11.2.